The van der Waals surface area contributed by atoms with Gasteiger partial charge in [0.2, 0.25) is 0 Å². The molecule has 1 fully saturated rings. The Morgan fingerprint density at radius 3 is 3.00 bits per heavy atom. The Morgan fingerprint density at radius 1 is 1.53 bits per heavy atom. The van der Waals surface area contributed by atoms with E-state index in [1.54, 1.807) is 7.11 Å². The van der Waals surface area contributed by atoms with Crippen molar-refractivity contribution in [2.75, 3.05) is 20.3 Å². The van der Waals surface area contributed by atoms with Crippen LogP contribution in [0.1, 0.15) is 24.1 Å². The summed E-state index contributed by atoms with van der Waals surface area (Å²) in [6, 6.07) is 4.84. The van der Waals surface area contributed by atoms with Crippen LogP contribution in [-0.2, 0) is 17.8 Å². The summed E-state index contributed by atoms with van der Waals surface area (Å²) >= 11 is 0. The molecule has 0 spiro atoms. The van der Waals surface area contributed by atoms with E-state index in [1.807, 2.05) is 12.3 Å². The minimum atomic E-state index is 0.513. The highest BCUT2D eigenvalue weighted by molar-refractivity contribution is 5.19. The third-order valence-electron chi connectivity index (χ3n) is 3.20. The maximum absolute atomic E-state index is 5.71. The van der Waals surface area contributed by atoms with Gasteiger partial charge in [0, 0.05) is 39.0 Å². The van der Waals surface area contributed by atoms with E-state index in [0.717, 1.165) is 31.4 Å². The van der Waals surface area contributed by atoms with Gasteiger partial charge in [0.15, 0.2) is 0 Å². The lowest BCUT2D eigenvalue weighted by Crippen LogP contribution is -2.29. The zero-order chi connectivity index (χ0) is 12.1. The van der Waals surface area contributed by atoms with Crippen LogP contribution in [0.4, 0.5) is 0 Å². The number of nitrogens with zero attached hydrogens (tertiary/aromatic N) is 2. The van der Waals surface area contributed by atoms with Gasteiger partial charge in [-0.2, -0.15) is 0 Å². The van der Waals surface area contributed by atoms with Crippen LogP contribution in [0.15, 0.2) is 18.3 Å². The van der Waals surface area contributed by atoms with E-state index in [9.17, 15) is 0 Å². The molecule has 4 nitrogen and oxygen atoms in total. The number of nitrogens with two attached hydrogens (primary N) is 1. The molecule has 4 heteroatoms. The molecule has 0 saturated heterocycles. The third kappa shape index (κ3) is 3.49. The second-order valence-electron chi connectivity index (χ2n) is 4.51. The maximum atomic E-state index is 5.71. The van der Waals surface area contributed by atoms with Gasteiger partial charge >= 0.3 is 0 Å². The highest BCUT2D eigenvalue weighted by Gasteiger charge is 2.28. The van der Waals surface area contributed by atoms with Crippen molar-refractivity contribution in [2.45, 2.75) is 32.0 Å². The van der Waals surface area contributed by atoms with Crippen LogP contribution in [-0.4, -0.2) is 36.2 Å². The summed E-state index contributed by atoms with van der Waals surface area (Å²) in [5.41, 5.74) is 7.97. The Morgan fingerprint density at radius 2 is 2.35 bits per heavy atom. The Kier molecular flexibility index (Phi) is 4.48. The van der Waals surface area contributed by atoms with E-state index in [0.29, 0.717) is 6.54 Å². The second-order valence-corrected chi connectivity index (χ2v) is 4.51. The van der Waals surface area contributed by atoms with Gasteiger partial charge in [-0.1, -0.05) is 6.07 Å². The van der Waals surface area contributed by atoms with E-state index in [-0.39, 0.29) is 0 Å². The van der Waals surface area contributed by atoms with Crippen LogP contribution in [0.3, 0.4) is 0 Å². The number of methoxy groups -OCH3 is 1. The Balaban J connectivity index is 2.00. The van der Waals surface area contributed by atoms with E-state index >= 15 is 0 Å². The first kappa shape index (κ1) is 12.5. The summed E-state index contributed by atoms with van der Waals surface area (Å²) < 4.78 is 5.16. The lowest BCUT2D eigenvalue weighted by Gasteiger charge is -2.22. The molecule has 0 radical (unpaired) electrons. The lowest BCUT2D eigenvalue weighted by atomic mass is 10.1. The monoisotopic (exact) mass is 235 g/mol. The molecule has 0 atom stereocenters. The lowest BCUT2D eigenvalue weighted by molar-refractivity contribution is 0.139. The average Bonchev–Trinajstić information content (AvgIpc) is 3.19. The quantitative estimate of drug-likeness (QED) is 0.770. The van der Waals surface area contributed by atoms with Crippen molar-refractivity contribution in [3.8, 4) is 0 Å². The fraction of sp³-hybridized carbons (Fsp3) is 0.615. The second kappa shape index (κ2) is 6.10. The smallest absolute Gasteiger partial charge is 0.0589 e. The first-order valence-corrected chi connectivity index (χ1v) is 6.21. The predicted octanol–water partition coefficient (Wildman–Crippen LogP) is 1.15. The normalized spacial score (nSPS) is 15.5. The third-order valence-corrected chi connectivity index (χ3v) is 3.20. The van der Waals surface area contributed by atoms with Gasteiger partial charge in [-0.3, -0.25) is 9.88 Å². The van der Waals surface area contributed by atoms with Gasteiger partial charge in [0.25, 0.3) is 0 Å². The first-order valence-electron chi connectivity index (χ1n) is 6.21. The van der Waals surface area contributed by atoms with Gasteiger partial charge in [0.1, 0.15) is 0 Å². The fourth-order valence-corrected chi connectivity index (χ4v) is 2.06. The number of hydrogen-bond acceptors (Lipinski definition) is 4. The van der Waals surface area contributed by atoms with Crippen molar-refractivity contribution in [2.24, 2.45) is 5.73 Å². The van der Waals surface area contributed by atoms with E-state index in [2.05, 4.69) is 16.0 Å². The molecule has 2 N–H and O–H groups in total. The first-order chi connectivity index (χ1) is 8.35. The van der Waals surface area contributed by atoms with Crippen molar-refractivity contribution in [1.82, 2.24) is 9.88 Å². The molecule has 1 aromatic rings. The summed E-state index contributed by atoms with van der Waals surface area (Å²) in [6.07, 6.45) is 4.42. The molecule has 0 amide bonds. The zero-order valence-corrected chi connectivity index (χ0v) is 10.4. The van der Waals surface area contributed by atoms with Gasteiger partial charge in [0.05, 0.1) is 12.3 Å². The molecule has 1 aliphatic rings. The van der Waals surface area contributed by atoms with E-state index < -0.39 is 0 Å². The Labute approximate surface area is 103 Å². The molecule has 0 aliphatic heterocycles. The van der Waals surface area contributed by atoms with Crippen LogP contribution in [0, 0.1) is 0 Å². The largest absolute Gasteiger partial charge is 0.383 e. The van der Waals surface area contributed by atoms with Crippen molar-refractivity contribution in [1.29, 1.82) is 0 Å². The number of rotatable bonds is 7. The minimum absolute atomic E-state index is 0.513. The van der Waals surface area contributed by atoms with Gasteiger partial charge in [-0.05, 0) is 24.5 Å². The molecule has 1 saturated carbocycles. The molecule has 94 valence electrons. The number of pyridine rings is 1. The molecule has 17 heavy (non-hydrogen) atoms. The molecule has 2 rings (SSSR count). The van der Waals surface area contributed by atoms with Crippen LogP contribution >= 0.6 is 0 Å². The van der Waals surface area contributed by atoms with Gasteiger partial charge < -0.3 is 10.5 Å². The molecule has 0 bridgehead atoms. The standard InChI is InChI=1S/C13H21N3O/c1-17-8-7-16(12-4-5-12)10-11-3-2-6-15-13(11)9-14/h2-3,6,12H,4-5,7-10,14H2,1H3. The van der Waals surface area contributed by atoms with Crippen molar-refractivity contribution >= 4 is 0 Å². The predicted molar refractivity (Wildman–Crippen MR) is 67.4 cm³/mol. The van der Waals surface area contributed by atoms with Crippen LogP contribution in [0.2, 0.25) is 0 Å². The van der Waals surface area contributed by atoms with Gasteiger partial charge in [-0.25, -0.2) is 0 Å². The topological polar surface area (TPSA) is 51.4 Å². The molecule has 0 aromatic carbocycles. The van der Waals surface area contributed by atoms with Crippen molar-refractivity contribution in [3.05, 3.63) is 29.6 Å². The zero-order valence-electron chi connectivity index (χ0n) is 10.4. The van der Waals surface area contributed by atoms with Crippen molar-refractivity contribution in [3.63, 3.8) is 0 Å². The highest BCUT2D eigenvalue weighted by atomic mass is 16.5. The molecular weight excluding hydrogens is 214 g/mol. The maximum Gasteiger partial charge on any atom is 0.0589 e. The van der Waals surface area contributed by atoms with E-state index in [4.69, 9.17) is 10.5 Å². The highest BCUT2D eigenvalue weighted by Crippen LogP contribution is 2.28. The van der Waals surface area contributed by atoms with Gasteiger partial charge in [-0.15, -0.1) is 0 Å². The minimum Gasteiger partial charge on any atom is -0.383 e. The molecule has 1 aliphatic carbocycles. The molecule has 0 unspecified atom stereocenters. The van der Waals surface area contributed by atoms with Crippen LogP contribution in [0.5, 0.6) is 0 Å². The Hall–Kier alpha value is -0.970. The summed E-state index contributed by atoms with van der Waals surface area (Å²) in [7, 11) is 1.75. The number of hydrogen-bond donors (Lipinski definition) is 1. The molecule has 1 heterocycles. The number of aromatic nitrogens is 1. The summed E-state index contributed by atoms with van der Waals surface area (Å²) in [5.74, 6) is 0. The number of ether oxygens (including phenoxy) is 1. The average molecular weight is 235 g/mol. The molecular formula is C13H21N3O. The molecule has 1 aromatic heterocycles. The van der Waals surface area contributed by atoms with Crippen LogP contribution in [0.25, 0.3) is 0 Å². The Bertz CT molecular complexity index is 352. The summed E-state index contributed by atoms with van der Waals surface area (Å²) in [6.45, 7) is 3.22. The summed E-state index contributed by atoms with van der Waals surface area (Å²) in [5, 5.41) is 0. The SMILES string of the molecule is COCCN(Cc1cccnc1CN)C1CC1. The van der Waals surface area contributed by atoms with Crippen LogP contribution < -0.4 is 5.73 Å². The van der Waals surface area contributed by atoms with E-state index in [1.165, 1.54) is 18.4 Å². The fourth-order valence-electron chi connectivity index (χ4n) is 2.06. The summed E-state index contributed by atoms with van der Waals surface area (Å²) in [4.78, 5) is 6.80. The van der Waals surface area contributed by atoms with Crippen molar-refractivity contribution < 1.29 is 4.74 Å².